The van der Waals surface area contributed by atoms with Crippen LogP contribution in [0.1, 0.15) is 46.4 Å². The molecule has 0 spiro atoms. The average molecular weight is 670 g/mol. The highest BCUT2D eigenvalue weighted by Crippen LogP contribution is 2.29. The number of nitrogens with zero attached hydrogens (tertiary/aromatic N) is 2. The topological polar surface area (TPSA) is 131 Å². The Morgan fingerprint density at radius 1 is 0.826 bits per heavy atom. The van der Waals surface area contributed by atoms with E-state index in [1.807, 2.05) is 36.8 Å². The predicted octanol–water partition coefficient (Wildman–Crippen LogP) is 7.45. The van der Waals surface area contributed by atoms with Gasteiger partial charge in [-0.05, 0) is 92.6 Å². The van der Waals surface area contributed by atoms with Gasteiger partial charge in [0.15, 0.2) is 0 Å². The Kier molecular flexibility index (Phi) is 12.8. The molecule has 242 valence electrons. The average Bonchev–Trinajstić information content (AvgIpc) is 3.07. The molecule has 5 rings (SSSR count). The molecule has 0 saturated heterocycles. The van der Waals surface area contributed by atoms with Gasteiger partial charge in [0.1, 0.15) is 34.3 Å². The number of carboxylic acid groups (broad SMARTS) is 1. The first-order valence-corrected chi connectivity index (χ1v) is 16.7. The van der Waals surface area contributed by atoms with E-state index in [2.05, 4.69) is 15.3 Å². The fraction of sp³-hybridized carbons (Fsp3) is 0.273. The second kappa shape index (κ2) is 16.9. The van der Waals surface area contributed by atoms with Crippen LogP contribution in [0.2, 0.25) is 0 Å². The van der Waals surface area contributed by atoms with Crippen LogP contribution in [0.5, 0.6) is 23.3 Å². The molecule has 0 atom stereocenters. The van der Waals surface area contributed by atoms with E-state index in [0.717, 1.165) is 60.0 Å². The SMILES string of the molecule is CSc1cccc(Oc2ncc(F)cc2C(=O)NC2CCC(CO)CC2)c1.CSc1cccc(Oc2ncc(F)cc2C(=O)O)c1. The van der Waals surface area contributed by atoms with E-state index in [4.69, 9.17) is 14.6 Å². The zero-order valence-electron chi connectivity index (χ0n) is 25.1. The molecule has 13 heteroatoms. The van der Waals surface area contributed by atoms with Gasteiger partial charge in [-0.15, -0.1) is 23.5 Å². The number of benzene rings is 2. The normalized spacial score (nSPS) is 15.7. The van der Waals surface area contributed by atoms with Gasteiger partial charge >= 0.3 is 5.97 Å². The minimum atomic E-state index is -1.29. The van der Waals surface area contributed by atoms with Crippen LogP contribution in [-0.4, -0.2) is 57.2 Å². The van der Waals surface area contributed by atoms with Crippen molar-refractivity contribution in [3.8, 4) is 23.3 Å². The quantitative estimate of drug-likeness (QED) is 0.146. The number of carboxylic acids is 1. The Bertz CT molecular complexity index is 1650. The molecule has 3 N–H and O–H groups in total. The van der Waals surface area contributed by atoms with Gasteiger partial charge in [-0.3, -0.25) is 4.79 Å². The molecule has 1 saturated carbocycles. The van der Waals surface area contributed by atoms with E-state index >= 15 is 0 Å². The number of carbonyl (C=O) groups excluding carboxylic acids is 1. The maximum Gasteiger partial charge on any atom is 0.341 e. The van der Waals surface area contributed by atoms with Crippen molar-refractivity contribution in [2.45, 2.75) is 41.5 Å². The molecule has 2 aromatic heterocycles. The number of aromatic nitrogens is 2. The summed E-state index contributed by atoms with van der Waals surface area (Å²) < 4.78 is 37.9. The number of pyridine rings is 2. The second-order valence-electron chi connectivity index (χ2n) is 10.3. The van der Waals surface area contributed by atoms with E-state index in [1.54, 1.807) is 36.0 Å². The molecular formula is C33H33F2N3O6S2. The summed E-state index contributed by atoms with van der Waals surface area (Å²) in [6.45, 7) is 0.182. The second-order valence-corrected chi connectivity index (χ2v) is 12.0. The minimum absolute atomic E-state index is 0.0104. The minimum Gasteiger partial charge on any atom is -0.477 e. The maximum absolute atomic E-state index is 13.7. The number of hydrogen-bond donors (Lipinski definition) is 3. The summed E-state index contributed by atoms with van der Waals surface area (Å²) in [6, 6.07) is 16.6. The Morgan fingerprint density at radius 2 is 1.33 bits per heavy atom. The molecule has 1 amide bonds. The van der Waals surface area contributed by atoms with Gasteiger partial charge in [0.05, 0.1) is 12.4 Å². The van der Waals surface area contributed by atoms with Crippen molar-refractivity contribution in [2.24, 2.45) is 5.92 Å². The number of aliphatic hydroxyl groups is 1. The lowest BCUT2D eigenvalue weighted by Gasteiger charge is -2.28. The molecule has 0 aliphatic heterocycles. The van der Waals surface area contributed by atoms with Crippen LogP contribution in [0, 0.1) is 17.6 Å². The molecule has 1 fully saturated rings. The molecule has 2 aromatic carbocycles. The van der Waals surface area contributed by atoms with Crippen molar-refractivity contribution in [3.05, 3.63) is 95.8 Å². The highest BCUT2D eigenvalue weighted by Gasteiger charge is 2.24. The third-order valence-electron chi connectivity index (χ3n) is 7.06. The van der Waals surface area contributed by atoms with Crippen molar-refractivity contribution in [3.63, 3.8) is 0 Å². The van der Waals surface area contributed by atoms with Crippen molar-refractivity contribution in [1.82, 2.24) is 15.3 Å². The Hall–Kier alpha value is -4.20. The van der Waals surface area contributed by atoms with Gasteiger partial charge in [-0.2, -0.15) is 0 Å². The lowest BCUT2D eigenvalue weighted by atomic mass is 9.86. The van der Waals surface area contributed by atoms with Crippen LogP contribution in [-0.2, 0) is 0 Å². The lowest BCUT2D eigenvalue weighted by Crippen LogP contribution is -2.38. The molecular weight excluding hydrogens is 637 g/mol. The summed E-state index contributed by atoms with van der Waals surface area (Å²) in [5.74, 6) is -1.75. The van der Waals surface area contributed by atoms with Gasteiger partial charge in [0.25, 0.3) is 5.91 Å². The molecule has 0 bridgehead atoms. The van der Waals surface area contributed by atoms with Gasteiger partial charge < -0.3 is 25.0 Å². The summed E-state index contributed by atoms with van der Waals surface area (Å²) in [7, 11) is 0. The first kappa shape index (κ1) is 34.7. The monoisotopic (exact) mass is 669 g/mol. The number of rotatable bonds is 10. The summed E-state index contributed by atoms with van der Waals surface area (Å²) in [5.41, 5.74) is -0.233. The highest BCUT2D eigenvalue weighted by molar-refractivity contribution is 7.98. The molecule has 0 radical (unpaired) electrons. The fourth-order valence-corrected chi connectivity index (χ4v) is 5.53. The fourth-order valence-electron chi connectivity index (χ4n) is 4.64. The van der Waals surface area contributed by atoms with Gasteiger partial charge in [0, 0.05) is 22.4 Å². The number of amides is 1. The van der Waals surface area contributed by atoms with Crippen LogP contribution in [0.15, 0.2) is 82.8 Å². The summed E-state index contributed by atoms with van der Waals surface area (Å²) in [4.78, 5) is 33.3. The third-order valence-corrected chi connectivity index (χ3v) is 8.51. The number of aliphatic hydroxyl groups excluding tert-OH is 1. The van der Waals surface area contributed by atoms with Crippen molar-refractivity contribution >= 4 is 35.4 Å². The third kappa shape index (κ3) is 9.90. The summed E-state index contributed by atoms with van der Waals surface area (Å²) >= 11 is 3.10. The van der Waals surface area contributed by atoms with Crippen LogP contribution < -0.4 is 14.8 Å². The van der Waals surface area contributed by atoms with E-state index in [-0.39, 0.29) is 35.5 Å². The van der Waals surface area contributed by atoms with Crippen LogP contribution in [0.4, 0.5) is 8.78 Å². The highest BCUT2D eigenvalue weighted by atomic mass is 32.2. The molecule has 9 nitrogen and oxygen atoms in total. The first-order chi connectivity index (χ1) is 22.2. The molecule has 1 aliphatic rings. The number of nitrogens with one attached hydrogen (secondary N) is 1. The Labute approximate surface area is 273 Å². The van der Waals surface area contributed by atoms with Crippen LogP contribution >= 0.6 is 23.5 Å². The molecule has 2 heterocycles. The van der Waals surface area contributed by atoms with Crippen molar-refractivity contribution in [1.29, 1.82) is 0 Å². The van der Waals surface area contributed by atoms with Crippen molar-refractivity contribution in [2.75, 3.05) is 19.1 Å². The van der Waals surface area contributed by atoms with Crippen molar-refractivity contribution < 1.29 is 38.1 Å². The standard InChI is InChI=1S/C20H23FN2O3S.C13H10FNO3S/c1-27-17-4-2-3-16(10-17)26-20-18(9-14(21)11-22-20)19(25)23-15-7-5-13(12-24)6-8-15;1-19-10-4-2-3-9(6-10)18-12-11(13(16)17)5-8(14)7-15-12/h2-4,9-11,13,15,24H,5-8,12H2,1H3,(H,23,25);2-7H,1H3,(H,16,17). The molecule has 46 heavy (non-hydrogen) atoms. The molecule has 1 aliphatic carbocycles. The van der Waals surface area contributed by atoms with Gasteiger partial charge in [-0.1, -0.05) is 12.1 Å². The van der Waals surface area contributed by atoms with E-state index in [1.165, 1.54) is 11.8 Å². The zero-order chi connectivity index (χ0) is 33.1. The van der Waals surface area contributed by atoms with E-state index < -0.39 is 23.5 Å². The van der Waals surface area contributed by atoms with Gasteiger partial charge in [0.2, 0.25) is 11.8 Å². The number of thioether (sulfide) groups is 2. The predicted molar refractivity (Wildman–Crippen MR) is 172 cm³/mol. The smallest absolute Gasteiger partial charge is 0.341 e. The number of halogens is 2. The van der Waals surface area contributed by atoms with Crippen LogP contribution in [0.25, 0.3) is 0 Å². The van der Waals surface area contributed by atoms with Gasteiger partial charge in [-0.25, -0.2) is 23.5 Å². The Balaban J connectivity index is 0.000000222. The Morgan fingerprint density at radius 3 is 1.80 bits per heavy atom. The largest absolute Gasteiger partial charge is 0.477 e. The number of ether oxygens (including phenoxy) is 2. The maximum atomic E-state index is 13.7. The zero-order valence-corrected chi connectivity index (χ0v) is 26.7. The number of hydrogen-bond acceptors (Lipinski definition) is 9. The van der Waals surface area contributed by atoms with E-state index in [0.29, 0.717) is 17.4 Å². The summed E-state index contributed by atoms with van der Waals surface area (Å²) in [5, 5.41) is 21.1. The van der Waals surface area contributed by atoms with E-state index in [9.17, 15) is 23.5 Å². The first-order valence-electron chi connectivity index (χ1n) is 14.3. The van der Waals surface area contributed by atoms with Crippen LogP contribution in [0.3, 0.4) is 0 Å². The number of aromatic carboxylic acids is 1. The molecule has 4 aromatic rings. The molecule has 0 unspecified atom stereocenters. The summed E-state index contributed by atoms with van der Waals surface area (Å²) in [6.07, 6.45) is 9.16. The number of carbonyl (C=O) groups is 2. The lowest BCUT2D eigenvalue weighted by molar-refractivity contribution is 0.0692.